The van der Waals surface area contributed by atoms with Gasteiger partial charge < -0.3 is 14.8 Å². The predicted molar refractivity (Wildman–Crippen MR) is 98.4 cm³/mol. The highest BCUT2D eigenvalue weighted by molar-refractivity contribution is 5.27. The topological polar surface area (TPSA) is 30.5 Å². The Morgan fingerprint density at radius 3 is 2.22 bits per heavy atom. The summed E-state index contributed by atoms with van der Waals surface area (Å²) in [5, 5.41) is 3.05. The molecule has 23 heavy (non-hydrogen) atoms. The van der Waals surface area contributed by atoms with E-state index in [9.17, 15) is 0 Å². The van der Waals surface area contributed by atoms with Crippen LogP contribution in [0.1, 0.15) is 57.4 Å². The SMILES string of the molecule is CCCCCCCCCc1ccc(OCCOCCNC)cc1. The van der Waals surface area contributed by atoms with Crippen molar-refractivity contribution < 1.29 is 9.47 Å². The number of benzene rings is 1. The summed E-state index contributed by atoms with van der Waals surface area (Å²) in [5.74, 6) is 0.936. The number of nitrogens with one attached hydrogen (secondary N) is 1. The van der Waals surface area contributed by atoms with E-state index in [0.29, 0.717) is 13.2 Å². The van der Waals surface area contributed by atoms with E-state index in [1.54, 1.807) is 0 Å². The van der Waals surface area contributed by atoms with Gasteiger partial charge in [-0.05, 0) is 37.6 Å². The number of aryl methyl sites for hydroxylation is 1. The molecular formula is C20H35NO2. The van der Waals surface area contributed by atoms with Gasteiger partial charge in [0, 0.05) is 6.54 Å². The lowest BCUT2D eigenvalue weighted by Crippen LogP contribution is -2.16. The molecule has 0 aliphatic heterocycles. The second kappa shape index (κ2) is 14.5. The molecule has 132 valence electrons. The number of rotatable bonds is 15. The molecule has 1 rings (SSSR count). The van der Waals surface area contributed by atoms with Crippen LogP contribution in [0.3, 0.4) is 0 Å². The maximum atomic E-state index is 5.68. The van der Waals surface area contributed by atoms with E-state index >= 15 is 0 Å². The van der Waals surface area contributed by atoms with Crippen LogP contribution in [0.25, 0.3) is 0 Å². The van der Waals surface area contributed by atoms with Crippen LogP contribution in [0.2, 0.25) is 0 Å². The third-order valence-corrected chi connectivity index (χ3v) is 3.99. The summed E-state index contributed by atoms with van der Waals surface area (Å²) in [6, 6.07) is 8.52. The summed E-state index contributed by atoms with van der Waals surface area (Å²) < 4.78 is 11.1. The first-order valence-electron chi connectivity index (χ1n) is 9.31. The van der Waals surface area contributed by atoms with Gasteiger partial charge in [0.1, 0.15) is 12.4 Å². The molecule has 0 saturated heterocycles. The number of hydrogen-bond acceptors (Lipinski definition) is 3. The van der Waals surface area contributed by atoms with Gasteiger partial charge in [-0.15, -0.1) is 0 Å². The zero-order valence-electron chi connectivity index (χ0n) is 15.1. The van der Waals surface area contributed by atoms with Gasteiger partial charge in [0.25, 0.3) is 0 Å². The van der Waals surface area contributed by atoms with E-state index < -0.39 is 0 Å². The van der Waals surface area contributed by atoms with Crippen molar-refractivity contribution in [1.29, 1.82) is 0 Å². The molecule has 0 aliphatic carbocycles. The molecule has 0 bridgehead atoms. The largest absolute Gasteiger partial charge is 0.491 e. The second-order valence-corrected chi connectivity index (χ2v) is 6.08. The van der Waals surface area contributed by atoms with Gasteiger partial charge in [-0.1, -0.05) is 57.6 Å². The Labute approximate surface area is 142 Å². The van der Waals surface area contributed by atoms with E-state index in [2.05, 4.69) is 36.5 Å². The maximum absolute atomic E-state index is 5.68. The van der Waals surface area contributed by atoms with Crippen LogP contribution in [0.4, 0.5) is 0 Å². The fraction of sp³-hybridized carbons (Fsp3) is 0.700. The molecule has 0 unspecified atom stereocenters. The van der Waals surface area contributed by atoms with Crippen molar-refractivity contribution in [2.75, 3.05) is 33.4 Å². The van der Waals surface area contributed by atoms with E-state index in [4.69, 9.17) is 9.47 Å². The fourth-order valence-electron chi connectivity index (χ4n) is 2.53. The minimum Gasteiger partial charge on any atom is -0.491 e. The van der Waals surface area contributed by atoms with E-state index in [-0.39, 0.29) is 0 Å². The molecule has 0 radical (unpaired) electrons. The average molecular weight is 322 g/mol. The Morgan fingerprint density at radius 2 is 1.52 bits per heavy atom. The van der Waals surface area contributed by atoms with Crippen molar-refractivity contribution in [2.24, 2.45) is 0 Å². The number of hydrogen-bond donors (Lipinski definition) is 1. The predicted octanol–water partition coefficient (Wildman–Crippen LogP) is 4.59. The van der Waals surface area contributed by atoms with E-state index in [1.165, 1.54) is 56.9 Å². The maximum Gasteiger partial charge on any atom is 0.119 e. The van der Waals surface area contributed by atoms with Gasteiger partial charge in [0.05, 0.1) is 13.2 Å². The summed E-state index contributed by atoms with van der Waals surface area (Å²) in [5.41, 5.74) is 1.41. The highest BCUT2D eigenvalue weighted by atomic mass is 16.5. The van der Waals surface area contributed by atoms with Crippen LogP contribution in [-0.2, 0) is 11.2 Å². The smallest absolute Gasteiger partial charge is 0.119 e. The first-order valence-corrected chi connectivity index (χ1v) is 9.31. The highest BCUT2D eigenvalue weighted by Gasteiger charge is 1.97. The molecule has 0 aliphatic rings. The van der Waals surface area contributed by atoms with Crippen LogP contribution in [0.15, 0.2) is 24.3 Å². The summed E-state index contributed by atoms with van der Waals surface area (Å²) in [6.45, 7) is 5.14. The van der Waals surface area contributed by atoms with Crippen molar-refractivity contribution >= 4 is 0 Å². The summed E-state index contributed by atoms with van der Waals surface area (Å²) >= 11 is 0. The average Bonchev–Trinajstić information content (AvgIpc) is 2.58. The summed E-state index contributed by atoms with van der Waals surface area (Å²) in [6.07, 6.45) is 10.7. The normalized spacial score (nSPS) is 10.9. The molecule has 1 N–H and O–H groups in total. The zero-order chi connectivity index (χ0) is 16.6. The first kappa shape index (κ1) is 20.0. The Morgan fingerprint density at radius 1 is 0.826 bits per heavy atom. The van der Waals surface area contributed by atoms with Gasteiger partial charge in [-0.2, -0.15) is 0 Å². The molecule has 0 amide bonds. The molecule has 3 nitrogen and oxygen atoms in total. The molecule has 0 saturated carbocycles. The summed E-state index contributed by atoms with van der Waals surface area (Å²) in [4.78, 5) is 0. The van der Waals surface area contributed by atoms with Crippen molar-refractivity contribution in [3.63, 3.8) is 0 Å². The van der Waals surface area contributed by atoms with Crippen molar-refractivity contribution in [2.45, 2.75) is 58.3 Å². The lowest BCUT2D eigenvalue weighted by Gasteiger charge is -2.08. The molecule has 0 fully saturated rings. The number of ether oxygens (including phenoxy) is 2. The highest BCUT2D eigenvalue weighted by Crippen LogP contribution is 2.15. The molecule has 0 atom stereocenters. The minimum atomic E-state index is 0.612. The molecule has 1 aromatic carbocycles. The Kier molecular flexibility index (Phi) is 12.6. The van der Waals surface area contributed by atoms with Crippen molar-refractivity contribution in [1.82, 2.24) is 5.32 Å². The zero-order valence-corrected chi connectivity index (χ0v) is 15.1. The van der Waals surface area contributed by atoms with E-state index in [1.807, 2.05) is 7.05 Å². The van der Waals surface area contributed by atoms with Crippen LogP contribution in [0.5, 0.6) is 5.75 Å². The van der Waals surface area contributed by atoms with Crippen molar-refractivity contribution in [3.05, 3.63) is 29.8 Å². The fourth-order valence-corrected chi connectivity index (χ4v) is 2.53. The first-order chi connectivity index (χ1) is 11.4. The van der Waals surface area contributed by atoms with Crippen LogP contribution < -0.4 is 10.1 Å². The summed E-state index contributed by atoms with van der Waals surface area (Å²) in [7, 11) is 1.92. The molecule has 0 heterocycles. The van der Waals surface area contributed by atoms with E-state index in [0.717, 1.165) is 18.9 Å². The Bertz CT molecular complexity index is 364. The number of likely N-dealkylation sites (N-methyl/N-ethyl adjacent to an activating group) is 1. The lowest BCUT2D eigenvalue weighted by molar-refractivity contribution is 0.103. The minimum absolute atomic E-state index is 0.612. The Balaban J connectivity index is 2.04. The molecule has 1 aromatic rings. The van der Waals surface area contributed by atoms with Crippen molar-refractivity contribution in [3.8, 4) is 5.75 Å². The van der Waals surface area contributed by atoms with Gasteiger partial charge in [-0.25, -0.2) is 0 Å². The van der Waals surface area contributed by atoms with Crippen LogP contribution in [0, 0.1) is 0 Å². The molecule has 3 heteroatoms. The molecule has 0 spiro atoms. The van der Waals surface area contributed by atoms with Crippen LogP contribution in [-0.4, -0.2) is 33.4 Å². The third kappa shape index (κ3) is 11.2. The van der Waals surface area contributed by atoms with Gasteiger partial charge in [0.2, 0.25) is 0 Å². The van der Waals surface area contributed by atoms with Gasteiger partial charge in [0.15, 0.2) is 0 Å². The monoisotopic (exact) mass is 321 g/mol. The molecule has 0 aromatic heterocycles. The lowest BCUT2D eigenvalue weighted by atomic mass is 10.0. The van der Waals surface area contributed by atoms with Crippen LogP contribution >= 0.6 is 0 Å². The third-order valence-electron chi connectivity index (χ3n) is 3.99. The molecular weight excluding hydrogens is 286 g/mol. The van der Waals surface area contributed by atoms with Gasteiger partial charge >= 0.3 is 0 Å². The second-order valence-electron chi connectivity index (χ2n) is 6.08. The Hall–Kier alpha value is -1.06. The van der Waals surface area contributed by atoms with Gasteiger partial charge in [-0.3, -0.25) is 0 Å². The number of unbranched alkanes of at least 4 members (excludes halogenated alkanes) is 6. The standard InChI is InChI=1S/C20H35NO2/c1-3-4-5-6-7-8-9-10-19-11-13-20(14-12-19)23-18-17-22-16-15-21-2/h11-14,21H,3-10,15-18H2,1-2H3. The quantitative estimate of drug-likeness (QED) is 0.479.